The predicted octanol–water partition coefficient (Wildman–Crippen LogP) is -0.0844. The van der Waals surface area contributed by atoms with Gasteiger partial charge in [-0.15, -0.1) is 0 Å². The van der Waals surface area contributed by atoms with Gasteiger partial charge in [0.2, 0.25) is 0 Å². The van der Waals surface area contributed by atoms with Gasteiger partial charge in [-0.05, 0) is 0 Å². The summed E-state index contributed by atoms with van der Waals surface area (Å²) >= 11 is -3.08. The molecule has 0 saturated carbocycles. The fraction of sp³-hybridized carbons (Fsp3) is 1.00. The van der Waals surface area contributed by atoms with Gasteiger partial charge in [0.1, 0.15) is 0 Å². The first kappa shape index (κ1) is 11.3. The molecule has 0 atom stereocenters. The van der Waals surface area contributed by atoms with Crippen molar-refractivity contribution in [3.63, 3.8) is 0 Å². The second-order valence-corrected chi connectivity index (χ2v) is 8.41. The van der Waals surface area contributed by atoms with Crippen molar-refractivity contribution in [2.24, 2.45) is 0 Å². The van der Waals surface area contributed by atoms with E-state index in [9.17, 15) is 3.67 Å². The van der Waals surface area contributed by atoms with Crippen LogP contribution in [0.1, 0.15) is 0 Å². The second-order valence-electron chi connectivity index (χ2n) is 3.05. The minimum absolute atomic E-state index is 1.80. The molecule has 0 radical (unpaired) electrons. The summed E-state index contributed by atoms with van der Waals surface area (Å²) in [5, 5.41) is 0. The summed E-state index contributed by atoms with van der Waals surface area (Å²) in [6.07, 6.45) is 0. The normalized spacial score (nSPS) is 13.5. The molecule has 11 heavy (non-hydrogen) atoms. The standard InChI is InChI=1S/3C2H6N.O.V/c3*1-3-2;;/h3*1-2H3;;/q3*-1;;+3. The van der Waals surface area contributed by atoms with E-state index in [-0.39, 0.29) is 0 Å². The van der Waals surface area contributed by atoms with E-state index in [1.807, 2.05) is 42.3 Å². The van der Waals surface area contributed by atoms with Crippen LogP contribution in [0, 0.1) is 0 Å². The summed E-state index contributed by atoms with van der Waals surface area (Å²) in [7, 11) is 11.1. The Kier molecular flexibility index (Phi) is 3.87. The van der Waals surface area contributed by atoms with E-state index in [0.717, 1.165) is 0 Å². The van der Waals surface area contributed by atoms with Crippen molar-refractivity contribution < 1.29 is 18.3 Å². The van der Waals surface area contributed by atoms with Gasteiger partial charge >= 0.3 is 71.9 Å². The fourth-order valence-corrected chi connectivity index (χ4v) is 4.43. The zero-order valence-electron chi connectivity index (χ0n) is 8.20. The van der Waals surface area contributed by atoms with Gasteiger partial charge in [0.25, 0.3) is 0 Å². The van der Waals surface area contributed by atoms with Crippen LogP contribution in [-0.2, 0) is 18.3 Å². The molecule has 0 heterocycles. The topological polar surface area (TPSA) is 26.8 Å². The van der Waals surface area contributed by atoms with Crippen LogP contribution < -0.4 is 0 Å². The Morgan fingerprint density at radius 2 is 0.909 bits per heavy atom. The van der Waals surface area contributed by atoms with E-state index in [1.54, 1.807) is 11.2 Å². The van der Waals surface area contributed by atoms with E-state index in [1.165, 1.54) is 0 Å². The van der Waals surface area contributed by atoms with Crippen LogP contribution in [-0.4, -0.2) is 53.5 Å². The van der Waals surface area contributed by atoms with Crippen molar-refractivity contribution >= 4 is 0 Å². The molecule has 0 saturated heterocycles. The summed E-state index contributed by atoms with van der Waals surface area (Å²) in [5.74, 6) is 0. The first-order valence-electron chi connectivity index (χ1n) is 3.47. The van der Waals surface area contributed by atoms with Crippen molar-refractivity contribution in [2.75, 3.05) is 42.3 Å². The number of nitrogens with zero attached hydrogens (tertiary/aromatic N) is 3. The van der Waals surface area contributed by atoms with Crippen molar-refractivity contribution in [3.8, 4) is 0 Å². The van der Waals surface area contributed by atoms with Gasteiger partial charge in [-0.1, -0.05) is 0 Å². The van der Waals surface area contributed by atoms with Crippen LogP contribution in [0.4, 0.5) is 0 Å². The van der Waals surface area contributed by atoms with Gasteiger partial charge < -0.3 is 0 Å². The first-order chi connectivity index (χ1) is 4.83. The Balaban J connectivity index is 4.69. The maximum absolute atomic E-state index is 12.2. The molecule has 0 N–H and O–H groups in total. The molecule has 0 amide bonds. The van der Waals surface area contributed by atoms with Crippen LogP contribution in [0.5, 0.6) is 0 Å². The van der Waals surface area contributed by atoms with E-state index in [2.05, 4.69) is 0 Å². The average molecular weight is 199 g/mol. The first-order valence-corrected chi connectivity index (χ1v) is 5.91. The Bertz CT molecular complexity index is 139. The van der Waals surface area contributed by atoms with Gasteiger partial charge in [0.15, 0.2) is 0 Å². The van der Waals surface area contributed by atoms with E-state index >= 15 is 0 Å². The molecule has 0 aliphatic heterocycles. The Hall–Kier alpha value is 0.264. The molecule has 0 unspecified atom stereocenters. The zero-order chi connectivity index (χ0) is 9.23. The molecule has 0 fully saturated rings. The van der Waals surface area contributed by atoms with Crippen molar-refractivity contribution in [1.29, 1.82) is 0 Å². The molecule has 68 valence electrons. The molecule has 0 spiro atoms. The predicted molar refractivity (Wildman–Crippen MR) is 41.7 cm³/mol. The molecule has 0 rings (SSSR count). The van der Waals surface area contributed by atoms with Crippen molar-refractivity contribution in [1.82, 2.24) is 11.2 Å². The van der Waals surface area contributed by atoms with Crippen molar-refractivity contribution in [3.05, 3.63) is 0 Å². The molecule has 0 aliphatic carbocycles. The maximum atomic E-state index is 12.2. The summed E-state index contributed by atoms with van der Waals surface area (Å²) in [5.41, 5.74) is 0. The molecule has 0 aromatic carbocycles. The zero-order valence-corrected chi connectivity index (χ0v) is 9.59. The van der Waals surface area contributed by atoms with E-state index in [4.69, 9.17) is 0 Å². The van der Waals surface area contributed by atoms with E-state index in [0.29, 0.717) is 0 Å². The van der Waals surface area contributed by atoms with Crippen LogP contribution in [0.3, 0.4) is 0 Å². The van der Waals surface area contributed by atoms with Gasteiger partial charge in [-0.3, -0.25) is 0 Å². The SMILES string of the molecule is C[N](C)[V](=[O])([N](C)C)[N](C)C. The minimum atomic E-state index is -3.08. The van der Waals surface area contributed by atoms with E-state index < -0.39 is 14.7 Å². The molecule has 4 nitrogen and oxygen atoms in total. The average Bonchev–Trinajstić information content (AvgIpc) is 1.84. The Morgan fingerprint density at radius 1 is 0.727 bits per heavy atom. The fourth-order valence-electron chi connectivity index (χ4n) is 1.07. The third-order valence-electron chi connectivity index (χ3n) is 1.56. The van der Waals surface area contributed by atoms with Gasteiger partial charge in [0.05, 0.1) is 0 Å². The summed E-state index contributed by atoms with van der Waals surface area (Å²) < 4.78 is 17.6. The third kappa shape index (κ3) is 2.10. The third-order valence-corrected chi connectivity index (χ3v) is 6.45. The van der Waals surface area contributed by atoms with Crippen LogP contribution >= 0.6 is 0 Å². The van der Waals surface area contributed by atoms with Crippen LogP contribution in [0.25, 0.3) is 0 Å². The number of rotatable bonds is 3. The van der Waals surface area contributed by atoms with Gasteiger partial charge in [-0.2, -0.15) is 0 Å². The molecule has 0 bridgehead atoms. The van der Waals surface area contributed by atoms with Crippen LogP contribution in [0.2, 0.25) is 0 Å². The van der Waals surface area contributed by atoms with Crippen LogP contribution in [0.15, 0.2) is 0 Å². The molecular formula is C6H18N3OV. The summed E-state index contributed by atoms with van der Waals surface area (Å²) in [6.45, 7) is 0. The molecular weight excluding hydrogens is 181 g/mol. The summed E-state index contributed by atoms with van der Waals surface area (Å²) in [4.78, 5) is 0. The quantitative estimate of drug-likeness (QED) is 0.635. The van der Waals surface area contributed by atoms with Gasteiger partial charge in [0, 0.05) is 0 Å². The number of hydrogen-bond donors (Lipinski definition) is 0. The molecule has 0 aliphatic rings. The summed E-state index contributed by atoms with van der Waals surface area (Å²) in [6, 6.07) is 0. The Morgan fingerprint density at radius 3 is 0.909 bits per heavy atom. The second kappa shape index (κ2) is 3.78. The van der Waals surface area contributed by atoms with Crippen molar-refractivity contribution in [2.45, 2.75) is 0 Å². The Labute approximate surface area is 72.3 Å². The molecule has 5 heteroatoms. The van der Waals surface area contributed by atoms with Gasteiger partial charge in [-0.25, -0.2) is 0 Å². The number of hydrogen-bond acceptors (Lipinski definition) is 1. The molecule has 0 aromatic heterocycles. The molecule has 0 aromatic rings. The monoisotopic (exact) mass is 199 g/mol.